The lowest BCUT2D eigenvalue weighted by Crippen LogP contribution is -2.05. The Morgan fingerprint density at radius 1 is 1.77 bits per heavy atom. The van der Waals surface area contributed by atoms with Crippen LogP contribution >= 0.6 is 0 Å². The molecule has 1 aromatic heterocycles. The molecule has 0 aliphatic carbocycles. The molecule has 70 valence electrons. The maximum atomic E-state index is 10.3. The number of nitrogens with zero attached hydrogens (tertiary/aromatic N) is 2. The lowest BCUT2D eigenvalue weighted by molar-refractivity contribution is -0.137. The van der Waals surface area contributed by atoms with E-state index in [-0.39, 0.29) is 6.42 Å². The molecule has 2 N–H and O–H groups in total. The van der Waals surface area contributed by atoms with Crippen molar-refractivity contribution in [3.05, 3.63) is 12.0 Å². The van der Waals surface area contributed by atoms with E-state index in [2.05, 4.69) is 10.3 Å². The van der Waals surface area contributed by atoms with Crippen LogP contribution in [-0.2, 0) is 17.8 Å². The quantitative estimate of drug-likeness (QED) is 0.705. The van der Waals surface area contributed by atoms with E-state index in [0.717, 1.165) is 24.7 Å². The molecule has 1 aromatic rings. The van der Waals surface area contributed by atoms with Crippen molar-refractivity contribution in [3.63, 3.8) is 0 Å². The fraction of sp³-hybridized carbons (Fsp3) is 0.500. The van der Waals surface area contributed by atoms with Crippen molar-refractivity contribution in [1.29, 1.82) is 0 Å². The van der Waals surface area contributed by atoms with Crippen LogP contribution in [0, 0.1) is 0 Å². The Bertz CT molecular complexity index is 332. The Morgan fingerprint density at radius 3 is 3.38 bits per heavy atom. The van der Waals surface area contributed by atoms with Gasteiger partial charge in [-0.05, 0) is 0 Å². The molecule has 5 heteroatoms. The molecule has 0 saturated carbocycles. The van der Waals surface area contributed by atoms with Gasteiger partial charge in [-0.25, -0.2) is 4.98 Å². The number of anilines is 1. The predicted molar refractivity (Wildman–Crippen MR) is 46.7 cm³/mol. The van der Waals surface area contributed by atoms with Crippen molar-refractivity contribution in [2.24, 2.45) is 0 Å². The van der Waals surface area contributed by atoms with Gasteiger partial charge in [0.05, 0.1) is 12.6 Å². The average Bonchev–Trinajstić information content (AvgIpc) is 2.60. The fourth-order valence-corrected chi connectivity index (χ4v) is 1.52. The van der Waals surface area contributed by atoms with Gasteiger partial charge in [-0.1, -0.05) is 0 Å². The molecule has 0 saturated heterocycles. The van der Waals surface area contributed by atoms with Crippen molar-refractivity contribution in [2.75, 3.05) is 11.9 Å². The maximum Gasteiger partial charge on any atom is 0.303 e. The van der Waals surface area contributed by atoms with E-state index in [4.69, 9.17) is 5.11 Å². The second-order valence-corrected chi connectivity index (χ2v) is 3.03. The summed E-state index contributed by atoms with van der Waals surface area (Å²) in [5, 5.41) is 11.7. The van der Waals surface area contributed by atoms with Gasteiger partial charge in [0.2, 0.25) is 0 Å². The van der Waals surface area contributed by atoms with Crippen LogP contribution in [0.1, 0.15) is 12.2 Å². The van der Waals surface area contributed by atoms with Crippen molar-refractivity contribution in [1.82, 2.24) is 9.55 Å². The van der Waals surface area contributed by atoms with Crippen molar-refractivity contribution in [3.8, 4) is 0 Å². The molecule has 5 nitrogen and oxygen atoms in total. The molecule has 0 bridgehead atoms. The Kier molecular flexibility index (Phi) is 1.92. The van der Waals surface area contributed by atoms with Gasteiger partial charge >= 0.3 is 5.97 Å². The lowest BCUT2D eigenvalue weighted by Gasteiger charge is -2.00. The van der Waals surface area contributed by atoms with Crippen LogP contribution in [0.25, 0.3) is 0 Å². The molecule has 0 spiro atoms. The molecule has 13 heavy (non-hydrogen) atoms. The molecule has 2 heterocycles. The number of nitrogens with one attached hydrogen (secondary N) is 1. The van der Waals surface area contributed by atoms with Crippen LogP contribution in [-0.4, -0.2) is 27.2 Å². The van der Waals surface area contributed by atoms with Gasteiger partial charge in [0, 0.05) is 19.5 Å². The van der Waals surface area contributed by atoms with Gasteiger partial charge in [-0.2, -0.15) is 0 Å². The van der Waals surface area contributed by atoms with Gasteiger partial charge in [-0.15, -0.1) is 0 Å². The summed E-state index contributed by atoms with van der Waals surface area (Å²) in [6.07, 6.45) is 2.41. The summed E-state index contributed by atoms with van der Waals surface area (Å²) in [5.41, 5.74) is 0. The highest BCUT2D eigenvalue weighted by Crippen LogP contribution is 2.16. The summed E-state index contributed by atoms with van der Waals surface area (Å²) in [6, 6.07) is 0. The second kappa shape index (κ2) is 3.08. The number of aromatic nitrogens is 2. The first-order chi connectivity index (χ1) is 6.27. The largest absolute Gasteiger partial charge is 0.481 e. The third kappa shape index (κ3) is 1.49. The van der Waals surface area contributed by atoms with E-state index >= 15 is 0 Å². The number of carbonyl (C=O) groups is 1. The normalized spacial score (nSPS) is 13.8. The summed E-state index contributed by atoms with van der Waals surface area (Å²) in [4.78, 5) is 14.5. The van der Waals surface area contributed by atoms with Gasteiger partial charge in [0.25, 0.3) is 0 Å². The van der Waals surface area contributed by atoms with E-state index in [1.165, 1.54) is 0 Å². The second-order valence-electron chi connectivity index (χ2n) is 3.03. The molecule has 0 amide bonds. The van der Waals surface area contributed by atoms with Gasteiger partial charge < -0.3 is 15.0 Å². The Morgan fingerprint density at radius 2 is 2.62 bits per heavy atom. The molecule has 0 aromatic carbocycles. The van der Waals surface area contributed by atoms with E-state index < -0.39 is 5.97 Å². The van der Waals surface area contributed by atoms with E-state index in [1.54, 1.807) is 6.20 Å². The SMILES string of the molecule is O=C(O)CCc1ncc2n1CCN2. The number of hydrogen-bond donors (Lipinski definition) is 2. The third-order valence-corrected chi connectivity index (χ3v) is 2.14. The molecule has 1 aliphatic rings. The number of rotatable bonds is 3. The zero-order chi connectivity index (χ0) is 9.26. The number of aliphatic carboxylic acids is 1. The number of carboxylic acid groups (broad SMARTS) is 1. The van der Waals surface area contributed by atoms with Crippen molar-refractivity contribution >= 4 is 11.8 Å². The fourth-order valence-electron chi connectivity index (χ4n) is 1.52. The molecule has 0 radical (unpaired) electrons. The first-order valence-corrected chi connectivity index (χ1v) is 4.27. The van der Waals surface area contributed by atoms with Gasteiger partial charge in [0.1, 0.15) is 11.6 Å². The topological polar surface area (TPSA) is 67.1 Å². The zero-order valence-electron chi connectivity index (χ0n) is 7.16. The van der Waals surface area contributed by atoms with Crippen molar-refractivity contribution in [2.45, 2.75) is 19.4 Å². The van der Waals surface area contributed by atoms with Crippen LogP contribution < -0.4 is 5.32 Å². The maximum absolute atomic E-state index is 10.3. The minimum atomic E-state index is -0.775. The van der Waals surface area contributed by atoms with E-state index in [1.807, 2.05) is 4.57 Å². The number of hydrogen-bond acceptors (Lipinski definition) is 3. The highest BCUT2D eigenvalue weighted by Gasteiger charge is 2.14. The van der Waals surface area contributed by atoms with Crippen molar-refractivity contribution < 1.29 is 9.90 Å². The number of aryl methyl sites for hydroxylation is 1. The molecule has 1 aliphatic heterocycles. The summed E-state index contributed by atoms with van der Waals surface area (Å²) in [6.45, 7) is 1.81. The number of fused-ring (bicyclic) bond motifs is 1. The van der Waals surface area contributed by atoms with E-state index in [9.17, 15) is 4.79 Å². The van der Waals surface area contributed by atoms with Crippen LogP contribution in [0.5, 0.6) is 0 Å². The van der Waals surface area contributed by atoms with E-state index in [0.29, 0.717) is 6.42 Å². The Labute approximate surface area is 75.4 Å². The third-order valence-electron chi connectivity index (χ3n) is 2.14. The first kappa shape index (κ1) is 8.10. The molecule has 0 fully saturated rings. The van der Waals surface area contributed by atoms with Crippen LogP contribution in [0.2, 0.25) is 0 Å². The standard InChI is InChI=1S/C8H11N3O2/c12-8(13)2-1-6-10-5-7-9-3-4-11(6)7/h5,9H,1-4H2,(H,12,13). The summed E-state index contributed by atoms with van der Waals surface area (Å²) in [5.74, 6) is 1.09. The highest BCUT2D eigenvalue weighted by molar-refractivity contribution is 5.66. The molecule has 0 unspecified atom stereocenters. The summed E-state index contributed by atoms with van der Waals surface area (Å²) >= 11 is 0. The summed E-state index contributed by atoms with van der Waals surface area (Å²) < 4.78 is 2.03. The van der Waals surface area contributed by atoms with Crippen LogP contribution in [0.15, 0.2) is 6.20 Å². The Hall–Kier alpha value is -1.52. The molecule has 0 atom stereocenters. The Balaban J connectivity index is 2.08. The van der Waals surface area contributed by atoms with Gasteiger partial charge in [-0.3, -0.25) is 4.79 Å². The zero-order valence-corrected chi connectivity index (χ0v) is 7.16. The lowest BCUT2D eigenvalue weighted by atomic mass is 10.3. The molecule has 2 rings (SSSR count). The van der Waals surface area contributed by atoms with Crippen LogP contribution in [0.4, 0.5) is 5.82 Å². The van der Waals surface area contributed by atoms with Crippen LogP contribution in [0.3, 0.4) is 0 Å². The minimum Gasteiger partial charge on any atom is -0.481 e. The van der Waals surface area contributed by atoms with Gasteiger partial charge in [0.15, 0.2) is 0 Å². The number of imidazole rings is 1. The first-order valence-electron chi connectivity index (χ1n) is 4.27. The molecular weight excluding hydrogens is 170 g/mol. The summed E-state index contributed by atoms with van der Waals surface area (Å²) in [7, 11) is 0. The molecular formula is C8H11N3O2. The smallest absolute Gasteiger partial charge is 0.303 e. The average molecular weight is 181 g/mol. The monoisotopic (exact) mass is 181 g/mol. The number of carboxylic acids is 1. The highest BCUT2D eigenvalue weighted by atomic mass is 16.4. The minimum absolute atomic E-state index is 0.149. The predicted octanol–water partition coefficient (Wildman–Crippen LogP) is 0.326.